The van der Waals surface area contributed by atoms with Crippen molar-refractivity contribution < 1.29 is 9.59 Å². The van der Waals surface area contributed by atoms with E-state index in [2.05, 4.69) is 31.7 Å². The zero-order chi connectivity index (χ0) is 19.5. The van der Waals surface area contributed by atoms with Crippen molar-refractivity contribution in [1.29, 1.82) is 0 Å². The van der Waals surface area contributed by atoms with Crippen molar-refractivity contribution in [1.82, 2.24) is 10.9 Å². The molecule has 4 N–H and O–H groups in total. The molecule has 140 valence electrons. The summed E-state index contributed by atoms with van der Waals surface area (Å²) in [6.45, 7) is 3.51. The van der Waals surface area contributed by atoms with Crippen LogP contribution in [0, 0.1) is 0 Å². The van der Waals surface area contributed by atoms with Crippen molar-refractivity contribution in [2.45, 2.75) is 20.3 Å². The van der Waals surface area contributed by atoms with E-state index in [4.69, 9.17) is 0 Å². The summed E-state index contributed by atoms with van der Waals surface area (Å²) >= 11 is 0. The lowest BCUT2D eigenvalue weighted by molar-refractivity contribution is 0.251. The number of anilines is 2. The normalized spacial score (nSPS) is 11.5. The lowest BCUT2D eigenvalue weighted by Crippen LogP contribution is -2.26. The molecule has 0 unspecified atom stereocenters. The van der Waals surface area contributed by atoms with Crippen LogP contribution in [0.4, 0.5) is 21.0 Å². The lowest BCUT2D eigenvalue weighted by atomic mass is 10.2. The van der Waals surface area contributed by atoms with Gasteiger partial charge in [0, 0.05) is 29.2 Å². The minimum atomic E-state index is -0.435. The number of hydrazone groups is 2. The Morgan fingerprint density at radius 1 is 0.704 bits per heavy atom. The zero-order valence-corrected chi connectivity index (χ0v) is 15.2. The fraction of sp³-hybridized carbons (Fsp3) is 0.158. The van der Waals surface area contributed by atoms with Crippen LogP contribution in [-0.2, 0) is 0 Å². The summed E-state index contributed by atoms with van der Waals surface area (Å²) in [5, 5.41) is 13.3. The standard InChI is InChI=1S/C19H22N6O2/c1-14(22-24-18(26)20-16-9-5-3-6-10-16)13-15(2)23-25-19(27)21-17-11-7-4-8-12-17/h3-12H,13H2,1-2H3,(H2,20,24,26)(H2,21,25,27). The Morgan fingerprint density at radius 3 is 1.44 bits per heavy atom. The first-order valence-electron chi connectivity index (χ1n) is 8.33. The average molecular weight is 366 g/mol. The van der Waals surface area contributed by atoms with E-state index in [0.29, 0.717) is 29.2 Å². The number of hydrogen-bond acceptors (Lipinski definition) is 4. The summed E-state index contributed by atoms with van der Waals surface area (Å²) in [4.78, 5) is 23.5. The highest BCUT2D eigenvalue weighted by Gasteiger charge is 2.03. The number of nitrogens with zero attached hydrogens (tertiary/aromatic N) is 2. The first-order valence-corrected chi connectivity index (χ1v) is 8.33. The number of rotatable bonds is 6. The number of carbonyl (C=O) groups is 2. The third kappa shape index (κ3) is 7.82. The molecule has 8 nitrogen and oxygen atoms in total. The van der Waals surface area contributed by atoms with Crippen LogP contribution in [0.25, 0.3) is 0 Å². The Morgan fingerprint density at radius 2 is 1.07 bits per heavy atom. The molecular weight excluding hydrogens is 344 g/mol. The monoisotopic (exact) mass is 366 g/mol. The van der Waals surface area contributed by atoms with Gasteiger partial charge >= 0.3 is 12.1 Å². The summed E-state index contributed by atoms with van der Waals surface area (Å²) in [5.41, 5.74) is 7.47. The van der Waals surface area contributed by atoms with E-state index in [0.717, 1.165) is 0 Å². The Bertz CT molecular complexity index is 749. The van der Waals surface area contributed by atoms with E-state index in [1.54, 1.807) is 38.1 Å². The van der Waals surface area contributed by atoms with Crippen molar-refractivity contribution in [3.8, 4) is 0 Å². The maximum absolute atomic E-state index is 11.8. The highest BCUT2D eigenvalue weighted by molar-refractivity contribution is 6.03. The van der Waals surface area contributed by atoms with Gasteiger partial charge in [-0.3, -0.25) is 0 Å². The number of benzene rings is 2. The van der Waals surface area contributed by atoms with Gasteiger partial charge in [-0.05, 0) is 38.1 Å². The maximum Gasteiger partial charge on any atom is 0.339 e. The van der Waals surface area contributed by atoms with E-state index < -0.39 is 12.1 Å². The fourth-order valence-corrected chi connectivity index (χ4v) is 2.10. The van der Waals surface area contributed by atoms with Gasteiger partial charge in [0.1, 0.15) is 0 Å². The van der Waals surface area contributed by atoms with E-state index in [-0.39, 0.29) is 0 Å². The topological polar surface area (TPSA) is 107 Å². The lowest BCUT2D eigenvalue weighted by Gasteiger charge is -2.06. The van der Waals surface area contributed by atoms with Crippen molar-refractivity contribution in [2.75, 3.05) is 10.6 Å². The Kier molecular flexibility index (Phi) is 7.52. The fourth-order valence-electron chi connectivity index (χ4n) is 2.10. The predicted molar refractivity (Wildman–Crippen MR) is 108 cm³/mol. The highest BCUT2D eigenvalue weighted by Crippen LogP contribution is 2.05. The number of hydrogen-bond donors (Lipinski definition) is 4. The maximum atomic E-state index is 11.8. The highest BCUT2D eigenvalue weighted by atomic mass is 16.2. The Labute approximate surface area is 157 Å². The van der Waals surface area contributed by atoms with E-state index in [9.17, 15) is 9.59 Å². The van der Waals surface area contributed by atoms with Gasteiger partial charge in [-0.15, -0.1) is 0 Å². The number of carbonyl (C=O) groups excluding carboxylic acids is 2. The molecular formula is C19H22N6O2. The van der Waals surface area contributed by atoms with E-state index in [1.165, 1.54) is 0 Å². The second-order valence-electron chi connectivity index (χ2n) is 5.73. The number of para-hydroxylation sites is 2. The van der Waals surface area contributed by atoms with Crippen LogP contribution in [0.1, 0.15) is 20.3 Å². The van der Waals surface area contributed by atoms with E-state index in [1.807, 2.05) is 36.4 Å². The molecule has 0 atom stereocenters. The summed E-state index contributed by atoms with van der Waals surface area (Å²) < 4.78 is 0. The second kappa shape index (κ2) is 10.3. The van der Waals surface area contributed by atoms with Gasteiger partial charge in [-0.25, -0.2) is 20.4 Å². The molecule has 0 aliphatic rings. The number of nitrogens with one attached hydrogen (secondary N) is 4. The summed E-state index contributed by atoms with van der Waals surface area (Å²) in [6, 6.07) is 17.3. The zero-order valence-electron chi connectivity index (χ0n) is 15.2. The van der Waals surface area contributed by atoms with Gasteiger partial charge < -0.3 is 10.6 Å². The molecule has 0 saturated carbocycles. The molecule has 0 radical (unpaired) electrons. The minimum Gasteiger partial charge on any atom is -0.307 e. The molecule has 0 fully saturated rings. The summed E-state index contributed by atoms with van der Waals surface area (Å²) in [6.07, 6.45) is 0.400. The Balaban J connectivity index is 1.75. The molecule has 0 aliphatic carbocycles. The van der Waals surface area contributed by atoms with Crippen LogP contribution in [0.3, 0.4) is 0 Å². The minimum absolute atomic E-state index is 0.400. The Hall–Kier alpha value is -3.68. The molecule has 0 aromatic heterocycles. The molecule has 2 aromatic carbocycles. The molecule has 8 heteroatoms. The molecule has 0 aliphatic heterocycles. The first kappa shape index (κ1) is 19.6. The van der Waals surface area contributed by atoms with Crippen LogP contribution >= 0.6 is 0 Å². The van der Waals surface area contributed by atoms with Crippen molar-refractivity contribution in [3.05, 3.63) is 60.7 Å². The van der Waals surface area contributed by atoms with Crippen LogP contribution in [-0.4, -0.2) is 23.5 Å². The van der Waals surface area contributed by atoms with E-state index >= 15 is 0 Å². The molecule has 4 amide bonds. The van der Waals surface area contributed by atoms with Crippen LogP contribution in [0.15, 0.2) is 70.9 Å². The summed E-state index contributed by atoms with van der Waals surface area (Å²) in [7, 11) is 0. The molecule has 0 spiro atoms. The molecule has 0 saturated heterocycles. The summed E-state index contributed by atoms with van der Waals surface area (Å²) in [5.74, 6) is 0. The third-order valence-corrected chi connectivity index (χ3v) is 3.27. The SMILES string of the molecule is CC(CC(C)=NNC(=O)Nc1ccccc1)=NNC(=O)Nc1ccccc1. The van der Waals surface area contributed by atoms with Gasteiger partial charge in [0.15, 0.2) is 0 Å². The molecule has 0 heterocycles. The van der Waals surface area contributed by atoms with Crippen molar-refractivity contribution in [2.24, 2.45) is 10.2 Å². The van der Waals surface area contributed by atoms with Gasteiger partial charge in [0.2, 0.25) is 0 Å². The van der Waals surface area contributed by atoms with Gasteiger partial charge in [0.05, 0.1) is 0 Å². The number of amides is 4. The molecule has 2 rings (SSSR count). The largest absolute Gasteiger partial charge is 0.339 e. The van der Waals surface area contributed by atoms with Crippen molar-refractivity contribution in [3.63, 3.8) is 0 Å². The molecule has 2 aromatic rings. The molecule has 0 bridgehead atoms. The smallest absolute Gasteiger partial charge is 0.307 e. The third-order valence-electron chi connectivity index (χ3n) is 3.27. The van der Waals surface area contributed by atoms with Gasteiger partial charge in [-0.1, -0.05) is 36.4 Å². The van der Waals surface area contributed by atoms with Gasteiger partial charge in [-0.2, -0.15) is 10.2 Å². The quantitative estimate of drug-likeness (QED) is 0.461. The van der Waals surface area contributed by atoms with Crippen LogP contribution in [0.5, 0.6) is 0 Å². The average Bonchev–Trinajstić information content (AvgIpc) is 2.66. The van der Waals surface area contributed by atoms with Crippen LogP contribution in [0.2, 0.25) is 0 Å². The first-order chi connectivity index (χ1) is 13.0. The predicted octanol–water partition coefficient (Wildman–Crippen LogP) is 3.77. The van der Waals surface area contributed by atoms with Crippen LogP contribution < -0.4 is 21.5 Å². The number of urea groups is 2. The second-order valence-corrected chi connectivity index (χ2v) is 5.73. The van der Waals surface area contributed by atoms with Gasteiger partial charge in [0.25, 0.3) is 0 Å². The molecule has 27 heavy (non-hydrogen) atoms. The van der Waals surface area contributed by atoms with Crippen molar-refractivity contribution >= 4 is 34.9 Å².